The molecule has 0 atom stereocenters. The van der Waals surface area contributed by atoms with E-state index in [2.05, 4.69) is 24.3 Å². The largest absolute Gasteiger partial charge is 0.456 e. The minimum absolute atomic E-state index is 0.0693. The summed E-state index contributed by atoms with van der Waals surface area (Å²) in [7, 11) is 0. The van der Waals surface area contributed by atoms with E-state index in [1.54, 1.807) is 24.3 Å². The molecule has 0 amide bonds. The Morgan fingerprint density at radius 3 is 2.00 bits per heavy atom. The molecule has 0 fully saturated rings. The Balaban J connectivity index is 1.57. The second kappa shape index (κ2) is 5.83. The van der Waals surface area contributed by atoms with Gasteiger partial charge in [-0.2, -0.15) is 4.98 Å². The molecule has 0 spiro atoms. The Hall–Kier alpha value is -4.38. The number of hydrogen-bond acceptors (Lipinski definition) is 4. The molecule has 0 N–H and O–H groups in total. The van der Waals surface area contributed by atoms with Gasteiger partial charge < -0.3 is 8.83 Å². The van der Waals surface area contributed by atoms with Crippen molar-refractivity contribution >= 4 is 54.8 Å². The van der Waals surface area contributed by atoms with Gasteiger partial charge in [-0.15, -0.1) is 0 Å². The highest BCUT2D eigenvalue weighted by Gasteiger charge is 2.17. The summed E-state index contributed by atoms with van der Waals surface area (Å²) in [6.07, 6.45) is 0. The van der Waals surface area contributed by atoms with E-state index in [0.717, 1.165) is 21.8 Å². The summed E-state index contributed by atoms with van der Waals surface area (Å²) >= 11 is 0. The molecule has 0 radical (unpaired) electrons. The van der Waals surface area contributed by atoms with Crippen LogP contribution in [0.2, 0.25) is 0 Å². The molecule has 7 aromatic rings. The summed E-state index contributed by atoms with van der Waals surface area (Å²) in [5.74, 6) is 0. The predicted molar refractivity (Wildman–Crippen MR) is 122 cm³/mol. The quantitative estimate of drug-likeness (QED) is 0.307. The van der Waals surface area contributed by atoms with Gasteiger partial charge in [0.1, 0.15) is 16.7 Å². The van der Waals surface area contributed by atoms with E-state index in [0.29, 0.717) is 39.1 Å². The molecule has 3 aromatic heterocycles. The zero-order chi connectivity index (χ0) is 20.5. The Kier molecular flexibility index (Phi) is 3.09. The monoisotopic (exact) mass is 402 g/mol. The van der Waals surface area contributed by atoms with Crippen LogP contribution in [-0.4, -0.2) is 9.55 Å². The number of para-hydroxylation sites is 3. The van der Waals surface area contributed by atoms with Gasteiger partial charge in [0.15, 0.2) is 5.58 Å². The first kappa shape index (κ1) is 16.4. The third-order valence-corrected chi connectivity index (χ3v) is 5.85. The minimum atomic E-state index is -0.0693. The fourth-order valence-corrected chi connectivity index (χ4v) is 4.44. The lowest BCUT2D eigenvalue weighted by atomic mass is 10.1. The molecule has 0 bridgehead atoms. The third-order valence-electron chi connectivity index (χ3n) is 5.85. The van der Waals surface area contributed by atoms with Crippen LogP contribution in [-0.2, 0) is 0 Å². The standard InChI is InChI=1S/C26H14N2O3/c29-25-17-9-3-6-12-22(17)30-23-14-24-19(13-18(23)25)27-26(31-24)28-20-10-4-1-7-15(20)16-8-2-5-11-21(16)28/h1-14H. The normalized spacial score (nSPS) is 12.0. The molecular formula is C26H14N2O3. The molecule has 0 saturated carbocycles. The lowest BCUT2D eigenvalue weighted by Gasteiger charge is -2.01. The second-order valence-corrected chi connectivity index (χ2v) is 7.61. The van der Waals surface area contributed by atoms with Gasteiger partial charge in [-0.05, 0) is 30.3 Å². The fraction of sp³-hybridized carbons (Fsp3) is 0. The molecule has 3 heterocycles. The van der Waals surface area contributed by atoms with Crippen LogP contribution in [0.5, 0.6) is 0 Å². The summed E-state index contributed by atoms with van der Waals surface area (Å²) in [5, 5.41) is 3.32. The lowest BCUT2D eigenvalue weighted by molar-refractivity contribution is 0.573. The van der Waals surface area contributed by atoms with Crippen LogP contribution in [0.1, 0.15) is 0 Å². The summed E-state index contributed by atoms with van der Waals surface area (Å²) < 4.78 is 14.2. The van der Waals surface area contributed by atoms with E-state index in [9.17, 15) is 4.79 Å². The van der Waals surface area contributed by atoms with Crippen LogP contribution >= 0.6 is 0 Å². The highest BCUT2D eigenvalue weighted by Crippen LogP contribution is 2.33. The van der Waals surface area contributed by atoms with Crippen molar-refractivity contribution in [3.63, 3.8) is 0 Å². The van der Waals surface area contributed by atoms with Crippen molar-refractivity contribution in [2.24, 2.45) is 0 Å². The highest BCUT2D eigenvalue weighted by molar-refractivity contribution is 6.09. The Morgan fingerprint density at radius 2 is 1.26 bits per heavy atom. The van der Waals surface area contributed by atoms with E-state index >= 15 is 0 Å². The summed E-state index contributed by atoms with van der Waals surface area (Å²) in [4.78, 5) is 17.7. The van der Waals surface area contributed by atoms with Gasteiger partial charge in [-0.1, -0.05) is 48.5 Å². The maximum Gasteiger partial charge on any atom is 0.307 e. The van der Waals surface area contributed by atoms with Crippen molar-refractivity contribution in [1.82, 2.24) is 9.55 Å². The molecule has 31 heavy (non-hydrogen) atoms. The van der Waals surface area contributed by atoms with Crippen molar-refractivity contribution in [3.8, 4) is 6.01 Å². The summed E-state index contributed by atoms with van der Waals surface area (Å²) in [5.41, 5.74) is 4.19. The topological polar surface area (TPSA) is 61.2 Å². The number of nitrogens with zero attached hydrogens (tertiary/aromatic N) is 2. The molecule has 0 aliphatic heterocycles. The highest BCUT2D eigenvalue weighted by atomic mass is 16.4. The van der Waals surface area contributed by atoms with E-state index in [1.807, 2.05) is 41.0 Å². The van der Waals surface area contributed by atoms with Gasteiger partial charge in [-0.3, -0.25) is 9.36 Å². The first-order chi connectivity index (χ1) is 15.3. The van der Waals surface area contributed by atoms with Crippen LogP contribution in [0.4, 0.5) is 0 Å². The number of aromatic nitrogens is 2. The van der Waals surface area contributed by atoms with Gasteiger partial charge in [0, 0.05) is 16.8 Å². The van der Waals surface area contributed by atoms with Crippen molar-refractivity contribution in [3.05, 3.63) is 95.2 Å². The maximum absolute atomic E-state index is 13.0. The van der Waals surface area contributed by atoms with E-state index in [1.165, 1.54) is 0 Å². The van der Waals surface area contributed by atoms with Crippen LogP contribution in [0.15, 0.2) is 98.6 Å². The van der Waals surface area contributed by atoms with Crippen LogP contribution < -0.4 is 5.43 Å². The number of rotatable bonds is 1. The molecule has 0 aliphatic rings. The SMILES string of the molecule is O=c1c2ccccc2oc2cc3oc(-n4c5ccccc5c5ccccc54)nc3cc12. The van der Waals surface area contributed by atoms with E-state index < -0.39 is 0 Å². The smallest absolute Gasteiger partial charge is 0.307 e. The first-order valence-electron chi connectivity index (χ1n) is 10.0. The van der Waals surface area contributed by atoms with Crippen molar-refractivity contribution in [2.45, 2.75) is 0 Å². The average molecular weight is 402 g/mol. The van der Waals surface area contributed by atoms with E-state index in [4.69, 9.17) is 13.8 Å². The molecule has 146 valence electrons. The average Bonchev–Trinajstić information content (AvgIpc) is 3.36. The Labute approximate surface area is 174 Å². The fourth-order valence-electron chi connectivity index (χ4n) is 4.44. The van der Waals surface area contributed by atoms with Gasteiger partial charge in [0.05, 0.1) is 21.8 Å². The molecular weight excluding hydrogens is 388 g/mol. The molecule has 5 heteroatoms. The Bertz CT molecular complexity index is 1820. The van der Waals surface area contributed by atoms with Crippen molar-refractivity contribution < 1.29 is 8.83 Å². The number of benzene rings is 4. The van der Waals surface area contributed by atoms with Gasteiger partial charge >= 0.3 is 6.01 Å². The van der Waals surface area contributed by atoms with Gasteiger partial charge in [-0.25, -0.2) is 0 Å². The van der Waals surface area contributed by atoms with Gasteiger partial charge in [0.2, 0.25) is 5.43 Å². The summed E-state index contributed by atoms with van der Waals surface area (Å²) in [6.45, 7) is 0. The zero-order valence-electron chi connectivity index (χ0n) is 16.2. The zero-order valence-corrected chi connectivity index (χ0v) is 16.2. The first-order valence-corrected chi connectivity index (χ1v) is 10.0. The summed E-state index contributed by atoms with van der Waals surface area (Å²) in [6, 6.07) is 27.6. The molecule has 7 rings (SSSR count). The van der Waals surface area contributed by atoms with E-state index in [-0.39, 0.29) is 5.43 Å². The lowest BCUT2D eigenvalue weighted by Crippen LogP contribution is -2.01. The number of oxazole rings is 1. The predicted octanol–water partition coefficient (Wildman–Crippen LogP) is 6.18. The third kappa shape index (κ3) is 2.20. The number of fused-ring (bicyclic) bond motifs is 6. The molecule has 4 aromatic carbocycles. The van der Waals surface area contributed by atoms with Crippen molar-refractivity contribution in [2.75, 3.05) is 0 Å². The van der Waals surface area contributed by atoms with Crippen LogP contribution in [0.3, 0.4) is 0 Å². The molecule has 0 aliphatic carbocycles. The van der Waals surface area contributed by atoms with Crippen LogP contribution in [0.25, 0.3) is 60.9 Å². The van der Waals surface area contributed by atoms with Gasteiger partial charge in [0.25, 0.3) is 0 Å². The second-order valence-electron chi connectivity index (χ2n) is 7.61. The minimum Gasteiger partial charge on any atom is -0.456 e. The Morgan fingerprint density at radius 1 is 0.613 bits per heavy atom. The van der Waals surface area contributed by atoms with Crippen LogP contribution in [0, 0.1) is 0 Å². The molecule has 0 unspecified atom stereocenters. The molecule has 0 saturated heterocycles. The number of hydrogen-bond donors (Lipinski definition) is 0. The van der Waals surface area contributed by atoms with Crippen molar-refractivity contribution in [1.29, 1.82) is 0 Å². The maximum atomic E-state index is 13.0. The molecule has 5 nitrogen and oxygen atoms in total.